The van der Waals surface area contributed by atoms with Crippen molar-refractivity contribution in [1.29, 1.82) is 0 Å². The zero-order valence-corrected chi connectivity index (χ0v) is 10.3. The van der Waals surface area contributed by atoms with E-state index >= 15 is 0 Å². The SMILES string of the molecule is CC(CC(=O)O)CC(=O)c1ccc2c(c1)COC2. The first-order valence-corrected chi connectivity index (χ1v) is 6.01. The lowest BCUT2D eigenvalue weighted by molar-refractivity contribution is -0.137. The van der Waals surface area contributed by atoms with Crippen molar-refractivity contribution in [3.8, 4) is 0 Å². The van der Waals surface area contributed by atoms with E-state index in [9.17, 15) is 9.59 Å². The van der Waals surface area contributed by atoms with E-state index in [0.29, 0.717) is 18.8 Å². The molecule has 0 aromatic heterocycles. The largest absolute Gasteiger partial charge is 0.481 e. The molecule has 1 aliphatic rings. The molecule has 0 aliphatic carbocycles. The van der Waals surface area contributed by atoms with Crippen LogP contribution in [-0.2, 0) is 22.7 Å². The van der Waals surface area contributed by atoms with Crippen molar-refractivity contribution in [2.75, 3.05) is 0 Å². The summed E-state index contributed by atoms with van der Waals surface area (Å²) in [6, 6.07) is 5.57. The quantitative estimate of drug-likeness (QED) is 0.813. The molecular weight excluding hydrogens is 232 g/mol. The number of carboxylic acids is 1. The Hall–Kier alpha value is -1.68. The summed E-state index contributed by atoms with van der Waals surface area (Å²) in [4.78, 5) is 22.6. The molecule has 0 fully saturated rings. The fourth-order valence-corrected chi connectivity index (χ4v) is 2.15. The van der Waals surface area contributed by atoms with Crippen LogP contribution in [0.5, 0.6) is 0 Å². The van der Waals surface area contributed by atoms with E-state index in [1.165, 1.54) is 0 Å². The Kier molecular flexibility index (Phi) is 3.77. The molecule has 0 amide bonds. The molecule has 1 aliphatic heterocycles. The molecule has 1 N–H and O–H groups in total. The van der Waals surface area contributed by atoms with Gasteiger partial charge in [-0.15, -0.1) is 0 Å². The number of carbonyl (C=O) groups is 2. The van der Waals surface area contributed by atoms with Crippen LogP contribution in [0.1, 0.15) is 41.3 Å². The maximum absolute atomic E-state index is 12.0. The van der Waals surface area contributed by atoms with Crippen LogP contribution >= 0.6 is 0 Å². The maximum Gasteiger partial charge on any atom is 0.303 e. The molecule has 0 bridgehead atoms. The fraction of sp³-hybridized carbons (Fsp3) is 0.429. The third-order valence-electron chi connectivity index (χ3n) is 3.10. The number of carboxylic acid groups (broad SMARTS) is 1. The molecule has 0 spiro atoms. The third kappa shape index (κ3) is 2.96. The number of benzene rings is 1. The van der Waals surface area contributed by atoms with Gasteiger partial charge in [-0.05, 0) is 23.1 Å². The highest BCUT2D eigenvalue weighted by molar-refractivity contribution is 5.96. The number of rotatable bonds is 5. The van der Waals surface area contributed by atoms with Crippen LogP contribution in [0.25, 0.3) is 0 Å². The van der Waals surface area contributed by atoms with Crippen LogP contribution < -0.4 is 0 Å². The summed E-state index contributed by atoms with van der Waals surface area (Å²) < 4.78 is 5.29. The number of aliphatic carboxylic acids is 1. The Morgan fingerprint density at radius 3 is 2.72 bits per heavy atom. The lowest BCUT2D eigenvalue weighted by atomic mass is 9.95. The second-order valence-electron chi connectivity index (χ2n) is 4.81. The average molecular weight is 248 g/mol. The minimum Gasteiger partial charge on any atom is -0.481 e. The van der Waals surface area contributed by atoms with Crippen molar-refractivity contribution in [3.05, 3.63) is 34.9 Å². The number of hydrogen-bond acceptors (Lipinski definition) is 3. The summed E-state index contributed by atoms with van der Waals surface area (Å²) in [5.41, 5.74) is 2.84. The first-order chi connectivity index (χ1) is 8.56. The molecule has 4 nitrogen and oxygen atoms in total. The van der Waals surface area contributed by atoms with Crippen LogP contribution in [0.2, 0.25) is 0 Å². The van der Waals surface area contributed by atoms with Crippen LogP contribution in [0, 0.1) is 5.92 Å². The zero-order chi connectivity index (χ0) is 13.1. The molecule has 0 radical (unpaired) electrons. The van der Waals surface area contributed by atoms with E-state index in [2.05, 4.69) is 0 Å². The van der Waals surface area contributed by atoms with E-state index in [1.54, 1.807) is 13.0 Å². The number of ether oxygens (including phenoxy) is 1. The highest BCUT2D eigenvalue weighted by Crippen LogP contribution is 2.22. The molecular formula is C14H16O4. The van der Waals surface area contributed by atoms with Gasteiger partial charge in [0.2, 0.25) is 0 Å². The Morgan fingerprint density at radius 2 is 2.00 bits per heavy atom. The minimum atomic E-state index is -0.863. The molecule has 0 saturated carbocycles. The van der Waals surface area contributed by atoms with Gasteiger partial charge >= 0.3 is 5.97 Å². The van der Waals surface area contributed by atoms with E-state index in [1.807, 2.05) is 12.1 Å². The van der Waals surface area contributed by atoms with Crippen molar-refractivity contribution in [2.45, 2.75) is 33.0 Å². The topological polar surface area (TPSA) is 63.6 Å². The number of hydrogen-bond donors (Lipinski definition) is 1. The van der Waals surface area contributed by atoms with Gasteiger partial charge in [0.15, 0.2) is 5.78 Å². The second-order valence-corrected chi connectivity index (χ2v) is 4.81. The molecule has 1 heterocycles. The summed E-state index contributed by atoms with van der Waals surface area (Å²) in [5.74, 6) is -1.00. The van der Waals surface area contributed by atoms with Gasteiger partial charge in [-0.2, -0.15) is 0 Å². The van der Waals surface area contributed by atoms with Crippen molar-refractivity contribution in [3.63, 3.8) is 0 Å². The molecule has 1 aromatic rings. The normalized spacial score (nSPS) is 15.2. The minimum absolute atomic E-state index is 0.00144. The first-order valence-electron chi connectivity index (χ1n) is 6.01. The monoisotopic (exact) mass is 248 g/mol. The van der Waals surface area contributed by atoms with Gasteiger partial charge in [0, 0.05) is 18.4 Å². The highest BCUT2D eigenvalue weighted by Gasteiger charge is 2.17. The highest BCUT2D eigenvalue weighted by atomic mass is 16.5. The summed E-state index contributed by atoms with van der Waals surface area (Å²) in [5, 5.41) is 8.67. The summed E-state index contributed by atoms with van der Waals surface area (Å²) in [6.07, 6.45) is 0.297. The van der Waals surface area contributed by atoms with E-state index in [-0.39, 0.29) is 24.5 Å². The van der Waals surface area contributed by atoms with Crippen LogP contribution in [0.3, 0.4) is 0 Å². The lowest BCUT2D eigenvalue weighted by Gasteiger charge is -2.08. The second kappa shape index (κ2) is 5.31. The smallest absolute Gasteiger partial charge is 0.303 e. The predicted molar refractivity (Wildman–Crippen MR) is 65.3 cm³/mol. The predicted octanol–water partition coefficient (Wildman–Crippen LogP) is 2.40. The van der Waals surface area contributed by atoms with Crippen molar-refractivity contribution in [2.24, 2.45) is 5.92 Å². The number of carbonyl (C=O) groups excluding carboxylic acids is 1. The van der Waals surface area contributed by atoms with Crippen LogP contribution in [-0.4, -0.2) is 16.9 Å². The van der Waals surface area contributed by atoms with E-state index in [0.717, 1.165) is 11.1 Å². The molecule has 1 atom stereocenters. The Labute approximate surface area is 106 Å². The van der Waals surface area contributed by atoms with Gasteiger partial charge < -0.3 is 9.84 Å². The Morgan fingerprint density at radius 1 is 1.28 bits per heavy atom. The van der Waals surface area contributed by atoms with Gasteiger partial charge in [-0.3, -0.25) is 9.59 Å². The summed E-state index contributed by atoms with van der Waals surface area (Å²) >= 11 is 0. The number of ketones is 1. The maximum atomic E-state index is 12.0. The average Bonchev–Trinajstić information content (AvgIpc) is 2.74. The van der Waals surface area contributed by atoms with Crippen molar-refractivity contribution in [1.82, 2.24) is 0 Å². The van der Waals surface area contributed by atoms with Gasteiger partial charge in [0.1, 0.15) is 0 Å². The van der Waals surface area contributed by atoms with Crippen LogP contribution in [0.15, 0.2) is 18.2 Å². The van der Waals surface area contributed by atoms with E-state index in [4.69, 9.17) is 9.84 Å². The van der Waals surface area contributed by atoms with Gasteiger partial charge in [-0.25, -0.2) is 0 Å². The number of fused-ring (bicyclic) bond motifs is 1. The zero-order valence-electron chi connectivity index (χ0n) is 10.3. The van der Waals surface area contributed by atoms with Gasteiger partial charge in [0.25, 0.3) is 0 Å². The first kappa shape index (κ1) is 12.8. The third-order valence-corrected chi connectivity index (χ3v) is 3.10. The molecule has 1 aromatic carbocycles. The lowest BCUT2D eigenvalue weighted by Crippen LogP contribution is -2.10. The van der Waals surface area contributed by atoms with Crippen molar-refractivity contribution < 1.29 is 19.4 Å². The summed E-state index contributed by atoms with van der Waals surface area (Å²) in [7, 11) is 0. The molecule has 18 heavy (non-hydrogen) atoms. The Bertz CT molecular complexity index is 479. The fourth-order valence-electron chi connectivity index (χ4n) is 2.15. The summed E-state index contributed by atoms with van der Waals surface area (Å²) in [6.45, 7) is 2.95. The molecule has 2 rings (SSSR count). The molecule has 4 heteroatoms. The molecule has 0 saturated heterocycles. The molecule has 96 valence electrons. The number of Topliss-reactive ketones (excluding diaryl/α,β-unsaturated/α-hetero) is 1. The molecule has 1 unspecified atom stereocenters. The van der Waals surface area contributed by atoms with Crippen LogP contribution in [0.4, 0.5) is 0 Å². The Balaban J connectivity index is 2.03. The standard InChI is InChI=1S/C14H16O4/c1-9(5-14(16)17)4-13(15)10-2-3-11-7-18-8-12(11)6-10/h2-3,6,9H,4-5,7-8H2,1H3,(H,16,17). The van der Waals surface area contributed by atoms with Gasteiger partial charge in [-0.1, -0.05) is 19.1 Å². The van der Waals surface area contributed by atoms with Crippen molar-refractivity contribution >= 4 is 11.8 Å². The van der Waals surface area contributed by atoms with E-state index < -0.39 is 5.97 Å². The van der Waals surface area contributed by atoms with Gasteiger partial charge in [0.05, 0.1) is 13.2 Å².